The van der Waals surface area contributed by atoms with E-state index in [9.17, 15) is 13.2 Å². The minimum atomic E-state index is -3.57. The van der Waals surface area contributed by atoms with Gasteiger partial charge in [0.1, 0.15) is 4.21 Å². The molecule has 0 amide bonds. The zero-order chi connectivity index (χ0) is 15.9. The number of sulfonamides is 1. The summed E-state index contributed by atoms with van der Waals surface area (Å²) in [6, 6.07) is 8.47. The highest BCUT2D eigenvalue weighted by molar-refractivity contribution is 7.94. The number of thiophene rings is 1. The van der Waals surface area contributed by atoms with Crippen molar-refractivity contribution in [2.75, 3.05) is 4.72 Å². The van der Waals surface area contributed by atoms with E-state index in [1.807, 2.05) is 13.8 Å². The molecule has 2 aromatic heterocycles. The first-order chi connectivity index (χ1) is 10.4. The van der Waals surface area contributed by atoms with Gasteiger partial charge in [-0.25, -0.2) is 8.42 Å². The molecule has 0 aliphatic rings. The van der Waals surface area contributed by atoms with E-state index in [2.05, 4.69) is 4.72 Å². The molecule has 0 atom stereocenters. The first-order valence-corrected chi connectivity index (χ1v) is 9.78. The summed E-state index contributed by atoms with van der Waals surface area (Å²) in [5.74, 6) is 0. The van der Waals surface area contributed by atoms with Crippen LogP contribution in [0.4, 0.5) is 5.69 Å². The van der Waals surface area contributed by atoms with Crippen molar-refractivity contribution in [3.05, 3.63) is 45.4 Å². The largest absolute Gasteiger partial charge is 0.308 e. The van der Waals surface area contributed by atoms with Crippen LogP contribution in [0.2, 0.25) is 0 Å². The standard InChI is InChI=1S/C14H14N2O3S3/c1-9(2)16-11-6-5-10(8-12(11)21-14(16)17)15-22(18,19)13-4-3-7-20-13/h3-9,15H,1-2H3. The highest BCUT2D eigenvalue weighted by Crippen LogP contribution is 2.26. The fourth-order valence-electron chi connectivity index (χ4n) is 2.21. The predicted octanol–water partition coefficient (Wildman–Crippen LogP) is 3.51. The number of hydrogen-bond donors (Lipinski definition) is 1. The first kappa shape index (κ1) is 15.3. The van der Waals surface area contributed by atoms with Gasteiger partial charge in [0.15, 0.2) is 0 Å². The van der Waals surface area contributed by atoms with Crippen LogP contribution in [0.1, 0.15) is 19.9 Å². The summed E-state index contributed by atoms with van der Waals surface area (Å²) in [4.78, 5) is 12.0. The molecule has 5 nitrogen and oxygen atoms in total. The quantitative estimate of drug-likeness (QED) is 0.779. The number of anilines is 1. The van der Waals surface area contributed by atoms with Crippen LogP contribution >= 0.6 is 22.7 Å². The molecule has 3 rings (SSSR count). The van der Waals surface area contributed by atoms with Crippen LogP contribution in [0.15, 0.2) is 44.7 Å². The van der Waals surface area contributed by atoms with E-state index >= 15 is 0 Å². The highest BCUT2D eigenvalue weighted by atomic mass is 32.2. The molecule has 1 aromatic carbocycles. The number of aromatic nitrogens is 1. The van der Waals surface area contributed by atoms with E-state index in [4.69, 9.17) is 0 Å². The number of nitrogens with one attached hydrogen (secondary N) is 1. The lowest BCUT2D eigenvalue weighted by molar-refractivity contribution is 0.603. The van der Waals surface area contributed by atoms with Gasteiger partial charge in [0.25, 0.3) is 10.0 Å². The molecule has 3 aromatic rings. The summed E-state index contributed by atoms with van der Waals surface area (Å²) in [5, 5.41) is 1.71. The summed E-state index contributed by atoms with van der Waals surface area (Å²) in [7, 11) is -3.57. The van der Waals surface area contributed by atoms with Crippen molar-refractivity contribution in [1.29, 1.82) is 0 Å². The first-order valence-electron chi connectivity index (χ1n) is 6.60. The number of thiazole rings is 1. The van der Waals surface area contributed by atoms with Crippen LogP contribution < -0.4 is 9.60 Å². The van der Waals surface area contributed by atoms with Gasteiger partial charge < -0.3 is 0 Å². The summed E-state index contributed by atoms with van der Waals surface area (Å²) < 4.78 is 29.7. The number of rotatable bonds is 4. The van der Waals surface area contributed by atoms with Crippen LogP contribution in [0.25, 0.3) is 10.2 Å². The third-order valence-corrected chi connectivity index (χ3v) is 6.84. The number of hydrogen-bond acceptors (Lipinski definition) is 5. The van der Waals surface area contributed by atoms with Crippen molar-refractivity contribution in [1.82, 2.24) is 4.57 Å². The van der Waals surface area contributed by atoms with Crippen molar-refractivity contribution < 1.29 is 8.42 Å². The molecule has 0 aliphatic carbocycles. The fourth-order valence-corrected chi connectivity index (χ4v) is 5.31. The second-order valence-electron chi connectivity index (χ2n) is 5.05. The normalized spacial score (nSPS) is 12.1. The van der Waals surface area contributed by atoms with E-state index in [1.54, 1.807) is 40.3 Å². The van der Waals surface area contributed by atoms with Crippen LogP contribution in [-0.4, -0.2) is 13.0 Å². The Bertz CT molecular complexity index is 967. The number of nitrogens with zero attached hydrogens (tertiary/aromatic N) is 1. The van der Waals surface area contributed by atoms with Crippen molar-refractivity contribution in [2.45, 2.75) is 24.1 Å². The van der Waals surface area contributed by atoms with E-state index in [0.717, 1.165) is 32.9 Å². The van der Waals surface area contributed by atoms with E-state index in [1.165, 1.54) is 0 Å². The van der Waals surface area contributed by atoms with E-state index in [0.29, 0.717) is 5.69 Å². The van der Waals surface area contributed by atoms with Crippen LogP contribution in [-0.2, 0) is 10.0 Å². The average Bonchev–Trinajstić information content (AvgIpc) is 3.03. The van der Waals surface area contributed by atoms with E-state index in [-0.39, 0.29) is 15.1 Å². The molecular formula is C14H14N2O3S3. The molecule has 0 saturated heterocycles. The average molecular weight is 354 g/mol. The van der Waals surface area contributed by atoms with Gasteiger partial charge in [-0.15, -0.1) is 11.3 Å². The maximum Gasteiger partial charge on any atom is 0.308 e. The lowest BCUT2D eigenvalue weighted by atomic mass is 10.3. The minimum Gasteiger partial charge on any atom is -0.296 e. The zero-order valence-electron chi connectivity index (χ0n) is 11.9. The Hall–Kier alpha value is -1.64. The molecule has 0 spiro atoms. The van der Waals surface area contributed by atoms with Crippen molar-refractivity contribution in [3.8, 4) is 0 Å². The molecule has 0 aliphatic heterocycles. The van der Waals surface area contributed by atoms with Gasteiger partial charge >= 0.3 is 4.87 Å². The van der Waals surface area contributed by atoms with Crippen molar-refractivity contribution in [3.63, 3.8) is 0 Å². The monoisotopic (exact) mass is 354 g/mol. The Labute approximate surface area is 135 Å². The molecule has 2 heterocycles. The Kier molecular flexibility index (Phi) is 3.84. The Balaban J connectivity index is 2.02. The third kappa shape index (κ3) is 2.69. The predicted molar refractivity (Wildman–Crippen MR) is 91.6 cm³/mol. The lowest BCUT2D eigenvalue weighted by Crippen LogP contribution is -2.14. The maximum absolute atomic E-state index is 12.2. The van der Waals surface area contributed by atoms with Gasteiger partial charge in [0.2, 0.25) is 0 Å². The van der Waals surface area contributed by atoms with Crippen molar-refractivity contribution >= 4 is 48.6 Å². The molecule has 116 valence electrons. The Morgan fingerprint density at radius 3 is 2.64 bits per heavy atom. The van der Waals surface area contributed by atoms with Crippen LogP contribution in [0.5, 0.6) is 0 Å². The number of fused-ring (bicyclic) bond motifs is 1. The summed E-state index contributed by atoms with van der Waals surface area (Å²) in [6.45, 7) is 3.89. The van der Waals surface area contributed by atoms with Gasteiger partial charge in [-0.2, -0.15) is 0 Å². The third-order valence-electron chi connectivity index (χ3n) is 3.14. The summed E-state index contributed by atoms with van der Waals surface area (Å²) >= 11 is 2.28. The summed E-state index contributed by atoms with van der Waals surface area (Å²) in [6.07, 6.45) is 0. The molecule has 0 bridgehead atoms. The SMILES string of the molecule is CC(C)n1c(=O)sc2cc(NS(=O)(=O)c3cccs3)ccc21. The van der Waals surface area contributed by atoms with Gasteiger partial charge in [-0.3, -0.25) is 14.1 Å². The maximum atomic E-state index is 12.2. The Morgan fingerprint density at radius 2 is 2.00 bits per heavy atom. The molecule has 8 heteroatoms. The lowest BCUT2D eigenvalue weighted by Gasteiger charge is -2.09. The highest BCUT2D eigenvalue weighted by Gasteiger charge is 2.16. The smallest absolute Gasteiger partial charge is 0.296 e. The van der Waals surface area contributed by atoms with E-state index < -0.39 is 10.0 Å². The van der Waals surface area contributed by atoms with Crippen LogP contribution in [0, 0.1) is 0 Å². The zero-order valence-corrected chi connectivity index (χ0v) is 14.4. The molecule has 0 saturated carbocycles. The van der Waals surface area contributed by atoms with Crippen LogP contribution in [0.3, 0.4) is 0 Å². The van der Waals surface area contributed by atoms with Gasteiger partial charge in [0, 0.05) is 6.04 Å². The van der Waals surface area contributed by atoms with Gasteiger partial charge in [-0.1, -0.05) is 17.4 Å². The summed E-state index contributed by atoms with van der Waals surface area (Å²) in [5.41, 5.74) is 1.28. The minimum absolute atomic E-state index is 0.0386. The molecule has 1 N–H and O–H groups in total. The van der Waals surface area contributed by atoms with Gasteiger partial charge in [-0.05, 0) is 43.5 Å². The second kappa shape index (κ2) is 5.53. The second-order valence-corrected chi connectivity index (χ2v) is 8.90. The molecule has 0 unspecified atom stereocenters. The Morgan fingerprint density at radius 1 is 1.23 bits per heavy atom. The number of benzene rings is 1. The molecular weight excluding hydrogens is 340 g/mol. The van der Waals surface area contributed by atoms with Crippen molar-refractivity contribution in [2.24, 2.45) is 0 Å². The fraction of sp³-hybridized carbons (Fsp3) is 0.214. The molecule has 0 fully saturated rings. The topological polar surface area (TPSA) is 68.2 Å². The molecule has 22 heavy (non-hydrogen) atoms. The molecule has 0 radical (unpaired) electrons. The van der Waals surface area contributed by atoms with Gasteiger partial charge in [0.05, 0.1) is 15.9 Å².